The summed E-state index contributed by atoms with van der Waals surface area (Å²) in [5.74, 6) is -2.31. The second-order valence-corrected chi connectivity index (χ2v) is 6.35. The van der Waals surface area contributed by atoms with Gasteiger partial charge in [-0.1, -0.05) is 0 Å². The molecule has 0 atom stereocenters. The lowest BCUT2D eigenvalue weighted by Gasteiger charge is -2.21. The van der Waals surface area contributed by atoms with Crippen LogP contribution in [0.1, 0.15) is 29.8 Å². The highest BCUT2D eigenvalue weighted by atomic mass is 19.2. The molecule has 0 saturated carbocycles. The van der Waals surface area contributed by atoms with E-state index in [4.69, 9.17) is 9.84 Å². The van der Waals surface area contributed by atoms with Crippen LogP contribution in [0.3, 0.4) is 0 Å². The van der Waals surface area contributed by atoms with Crippen molar-refractivity contribution in [3.63, 3.8) is 0 Å². The molecule has 140 valence electrons. The van der Waals surface area contributed by atoms with Gasteiger partial charge >= 0.3 is 5.97 Å². The van der Waals surface area contributed by atoms with Crippen molar-refractivity contribution in [2.45, 2.75) is 38.9 Å². The number of hydrogen-bond donors (Lipinski definition) is 1. The second-order valence-electron chi connectivity index (χ2n) is 6.35. The Morgan fingerprint density at radius 2 is 2.15 bits per heavy atom. The van der Waals surface area contributed by atoms with Crippen molar-refractivity contribution in [3.8, 4) is 5.75 Å². The SMILES string of the molecule is COc1ccc(F)c(F)c1CN1CCCn2nc(CCC(=O)O)cc2C1. The van der Waals surface area contributed by atoms with Gasteiger partial charge in [0.25, 0.3) is 0 Å². The molecule has 0 saturated heterocycles. The van der Waals surface area contributed by atoms with Gasteiger partial charge in [-0.15, -0.1) is 0 Å². The minimum atomic E-state index is -0.892. The second kappa shape index (κ2) is 7.82. The molecule has 1 aromatic carbocycles. The number of nitrogens with zero attached hydrogens (tertiary/aromatic N) is 3. The van der Waals surface area contributed by atoms with Crippen molar-refractivity contribution >= 4 is 5.97 Å². The average Bonchev–Trinajstić information content (AvgIpc) is 2.89. The quantitative estimate of drug-likeness (QED) is 0.852. The van der Waals surface area contributed by atoms with Gasteiger partial charge < -0.3 is 9.84 Å². The summed E-state index contributed by atoms with van der Waals surface area (Å²) in [5, 5.41) is 13.3. The minimum Gasteiger partial charge on any atom is -0.496 e. The molecular weight excluding hydrogens is 344 g/mol. The molecule has 0 spiro atoms. The lowest BCUT2D eigenvalue weighted by Crippen LogP contribution is -2.24. The number of rotatable bonds is 6. The number of carbonyl (C=O) groups is 1. The molecule has 3 rings (SSSR count). The van der Waals surface area contributed by atoms with Gasteiger partial charge in [-0.25, -0.2) is 8.78 Å². The van der Waals surface area contributed by atoms with E-state index < -0.39 is 17.6 Å². The zero-order valence-corrected chi connectivity index (χ0v) is 14.5. The molecule has 1 aliphatic rings. The lowest BCUT2D eigenvalue weighted by molar-refractivity contribution is -0.136. The van der Waals surface area contributed by atoms with E-state index in [-0.39, 0.29) is 18.5 Å². The first-order valence-corrected chi connectivity index (χ1v) is 8.48. The highest BCUT2D eigenvalue weighted by Gasteiger charge is 2.21. The average molecular weight is 365 g/mol. The Kier molecular flexibility index (Phi) is 5.51. The molecule has 2 heterocycles. The van der Waals surface area contributed by atoms with E-state index in [1.807, 2.05) is 15.6 Å². The fourth-order valence-corrected chi connectivity index (χ4v) is 3.22. The van der Waals surface area contributed by atoms with Gasteiger partial charge in [-0.3, -0.25) is 14.4 Å². The molecule has 6 nitrogen and oxygen atoms in total. The van der Waals surface area contributed by atoms with Crippen LogP contribution in [0, 0.1) is 11.6 Å². The summed E-state index contributed by atoms with van der Waals surface area (Å²) in [5.41, 5.74) is 1.88. The van der Waals surface area contributed by atoms with Crippen LogP contribution in [-0.2, 0) is 30.8 Å². The van der Waals surface area contributed by atoms with Gasteiger partial charge in [0.05, 0.1) is 24.9 Å². The first-order chi connectivity index (χ1) is 12.5. The van der Waals surface area contributed by atoms with Gasteiger partial charge in [0.15, 0.2) is 11.6 Å². The Hall–Kier alpha value is -2.48. The summed E-state index contributed by atoms with van der Waals surface area (Å²) in [6.07, 6.45) is 1.22. The van der Waals surface area contributed by atoms with Crippen molar-refractivity contribution in [3.05, 3.63) is 46.8 Å². The fraction of sp³-hybridized carbons (Fsp3) is 0.444. The van der Waals surface area contributed by atoms with E-state index in [9.17, 15) is 13.6 Å². The number of benzene rings is 1. The topological polar surface area (TPSA) is 67.6 Å². The number of fused-ring (bicyclic) bond motifs is 1. The van der Waals surface area contributed by atoms with E-state index in [1.54, 1.807) is 0 Å². The molecule has 0 aliphatic carbocycles. The molecule has 0 radical (unpaired) electrons. The van der Waals surface area contributed by atoms with E-state index in [2.05, 4.69) is 5.10 Å². The molecule has 26 heavy (non-hydrogen) atoms. The lowest BCUT2D eigenvalue weighted by atomic mass is 10.1. The Balaban J connectivity index is 1.77. The van der Waals surface area contributed by atoms with Gasteiger partial charge in [0.2, 0.25) is 0 Å². The molecule has 8 heteroatoms. The third-order valence-electron chi connectivity index (χ3n) is 4.49. The Labute approximate surface area is 150 Å². The Morgan fingerprint density at radius 1 is 1.35 bits per heavy atom. The maximum atomic E-state index is 14.2. The van der Waals surface area contributed by atoms with Crippen LogP contribution in [0.5, 0.6) is 5.75 Å². The smallest absolute Gasteiger partial charge is 0.303 e. The largest absolute Gasteiger partial charge is 0.496 e. The molecule has 1 aromatic heterocycles. The monoisotopic (exact) mass is 365 g/mol. The van der Waals surface area contributed by atoms with Crippen molar-refractivity contribution in [1.82, 2.24) is 14.7 Å². The van der Waals surface area contributed by atoms with Gasteiger partial charge in [0, 0.05) is 38.2 Å². The van der Waals surface area contributed by atoms with Crippen molar-refractivity contribution in [2.24, 2.45) is 0 Å². The summed E-state index contributed by atoms with van der Waals surface area (Å²) in [6, 6.07) is 4.38. The summed E-state index contributed by atoms with van der Waals surface area (Å²) in [4.78, 5) is 12.7. The number of carboxylic acid groups (broad SMARTS) is 1. The van der Waals surface area contributed by atoms with Crippen molar-refractivity contribution in [2.75, 3.05) is 13.7 Å². The van der Waals surface area contributed by atoms with Crippen LogP contribution in [0.15, 0.2) is 18.2 Å². The zero-order valence-electron chi connectivity index (χ0n) is 14.5. The number of aliphatic carboxylic acids is 1. The summed E-state index contributed by atoms with van der Waals surface area (Å²) < 4.78 is 34.9. The molecule has 0 unspecified atom stereocenters. The maximum Gasteiger partial charge on any atom is 0.303 e. The normalized spacial score (nSPS) is 14.7. The maximum absolute atomic E-state index is 14.2. The van der Waals surface area contributed by atoms with Crippen molar-refractivity contribution in [1.29, 1.82) is 0 Å². The number of carboxylic acids is 1. The number of halogens is 2. The Bertz CT molecular complexity index is 807. The molecule has 0 bridgehead atoms. The molecule has 0 amide bonds. The number of aromatic nitrogens is 2. The van der Waals surface area contributed by atoms with Gasteiger partial charge in [-0.2, -0.15) is 5.10 Å². The van der Waals surface area contributed by atoms with E-state index in [0.717, 1.165) is 23.9 Å². The minimum absolute atomic E-state index is 0.0336. The summed E-state index contributed by atoms with van der Waals surface area (Å²) in [6.45, 7) is 2.18. The fourth-order valence-electron chi connectivity index (χ4n) is 3.22. The third kappa shape index (κ3) is 4.01. The zero-order chi connectivity index (χ0) is 18.7. The van der Waals surface area contributed by atoms with Gasteiger partial charge in [-0.05, 0) is 24.6 Å². The number of hydrogen-bond acceptors (Lipinski definition) is 4. The number of aryl methyl sites for hydroxylation is 2. The predicted molar refractivity (Wildman–Crippen MR) is 89.8 cm³/mol. The first kappa shape index (κ1) is 18.3. The van der Waals surface area contributed by atoms with E-state index in [1.165, 1.54) is 13.2 Å². The van der Waals surface area contributed by atoms with Crippen LogP contribution < -0.4 is 4.74 Å². The predicted octanol–water partition coefficient (Wildman–Crippen LogP) is 2.59. The van der Waals surface area contributed by atoms with Crippen molar-refractivity contribution < 1.29 is 23.4 Å². The van der Waals surface area contributed by atoms with Gasteiger partial charge in [0.1, 0.15) is 5.75 Å². The van der Waals surface area contributed by atoms with Crippen LogP contribution in [0.2, 0.25) is 0 Å². The molecule has 1 N–H and O–H groups in total. The highest BCUT2D eigenvalue weighted by Crippen LogP contribution is 2.26. The van der Waals surface area contributed by atoms with Crippen LogP contribution >= 0.6 is 0 Å². The molecule has 2 aromatic rings. The Morgan fingerprint density at radius 3 is 2.88 bits per heavy atom. The molecular formula is C18H21F2N3O3. The van der Waals surface area contributed by atoms with Crippen LogP contribution in [0.4, 0.5) is 8.78 Å². The molecule has 0 fully saturated rings. The first-order valence-electron chi connectivity index (χ1n) is 8.48. The van der Waals surface area contributed by atoms with Crippen LogP contribution in [-0.4, -0.2) is 39.4 Å². The number of ether oxygens (including phenoxy) is 1. The standard InChI is InChI=1S/C18H21F2N3O3/c1-26-16-5-4-15(19)18(20)14(16)11-22-7-2-8-23-13(10-22)9-12(21-23)3-6-17(24)25/h4-5,9H,2-3,6-8,10-11H2,1H3,(H,24,25). The highest BCUT2D eigenvalue weighted by molar-refractivity contribution is 5.66. The van der Waals surface area contributed by atoms with Crippen LogP contribution in [0.25, 0.3) is 0 Å². The molecule has 1 aliphatic heterocycles. The summed E-state index contributed by atoms with van der Waals surface area (Å²) in [7, 11) is 1.43. The number of methoxy groups -OCH3 is 1. The van der Waals surface area contributed by atoms with E-state index >= 15 is 0 Å². The third-order valence-corrected chi connectivity index (χ3v) is 4.49. The van der Waals surface area contributed by atoms with E-state index in [0.29, 0.717) is 31.8 Å². The summed E-state index contributed by atoms with van der Waals surface area (Å²) >= 11 is 0.